The van der Waals surface area contributed by atoms with E-state index in [4.69, 9.17) is 0 Å². The molecule has 3 heteroatoms. The average molecular weight is 354 g/mol. The van der Waals surface area contributed by atoms with Crippen LogP contribution in [0.2, 0.25) is 0 Å². The van der Waals surface area contributed by atoms with E-state index in [2.05, 4.69) is 91.0 Å². The normalized spacial score (nSPS) is 10.8. The van der Waals surface area contributed by atoms with E-state index in [9.17, 15) is 0 Å². The van der Waals surface area contributed by atoms with Gasteiger partial charge in [-0.15, -0.1) is 23.5 Å². The lowest BCUT2D eigenvalue weighted by Gasteiger charge is -2.17. The van der Waals surface area contributed by atoms with Gasteiger partial charge in [-0.05, 0) is 29.6 Å². The van der Waals surface area contributed by atoms with E-state index >= 15 is 0 Å². The number of rotatable bonds is 7. The molecule has 23 heavy (non-hydrogen) atoms. The zero-order valence-corrected chi connectivity index (χ0v) is 15.4. The third-order valence-electron chi connectivity index (χ3n) is 3.38. The van der Waals surface area contributed by atoms with Gasteiger partial charge in [0.2, 0.25) is 0 Å². The van der Waals surface area contributed by atoms with Crippen LogP contribution < -0.4 is 5.30 Å². The van der Waals surface area contributed by atoms with Crippen molar-refractivity contribution in [2.24, 2.45) is 0 Å². The van der Waals surface area contributed by atoms with Gasteiger partial charge in [0.15, 0.2) is 0 Å². The Morgan fingerprint density at radius 1 is 0.522 bits per heavy atom. The second kappa shape index (κ2) is 9.17. The van der Waals surface area contributed by atoms with E-state index in [1.54, 1.807) is 0 Å². The summed E-state index contributed by atoms with van der Waals surface area (Å²) in [5, 5.41) is 1.49. The summed E-state index contributed by atoms with van der Waals surface area (Å²) in [7, 11) is -0.177. The molecule has 0 saturated carbocycles. The van der Waals surface area contributed by atoms with E-state index in [1.165, 1.54) is 26.1 Å². The van der Waals surface area contributed by atoms with Crippen LogP contribution in [-0.2, 0) is 0 Å². The molecule has 0 aliphatic heterocycles. The second-order valence-corrected chi connectivity index (χ2v) is 10.2. The number of thioether (sulfide) groups is 2. The predicted molar refractivity (Wildman–Crippen MR) is 107 cm³/mol. The van der Waals surface area contributed by atoms with Crippen molar-refractivity contribution in [3.63, 3.8) is 0 Å². The first kappa shape index (κ1) is 16.6. The molecule has 0 radical (unpaired) electrons. The summed E-state index contributed by atoms with van der Waals surface area (Å²) in [5.74, 6) is 0. The third-order valence-corrected chi connectivity index (χ3v) is 9.15. The van der Waals surface area contributed by atoms with Crippen LogP contribution in [0.4, 0.5) is 0 Å². The fourth-order valence-electron chi connectivity index (χ4n) is 2.16. The molecular formula is C20H19PS2. The van der Waals surface area contributed by atoms with Crippen LogP contribution in [0.25, 0.3) is 0 Å². The Kier molecular flexibility index (Phi) is 6.64. The molecule has 0 amide bonds. The third kappa shape index (κ3) is 5.42. The smallest absolute Gasteiger partial charge is 0.0231 e. The fraction of sp³-hybridized carbons (Fsp3) is 0.100. The minimum absolute atomic E-state index is 0.177. The van der Waals surface area contributed by atoms with Crippen molar-refractivity contribution in [3.8, 4) is 0 Å². The highest BCUT2D eigenvalue weighted by molar-refractivity contribution is 8.11. The Morgan fingerprint density at radius 3 is 1.35 bits per heavy atom. The molecule has 116 valence electrons. The van der Waals surface area contributed by atoms with Crippen LogP contribution in [0.1, 0.15) is 0 Å². The second-order valence-electron chi connectivity index (χ2n) is 5.05. The van der Waals surface area contributed by atoms with E-state index < -0.39 is 0 Å². The molecule has 3 rings (SSSR count). The van der Waals surface area contributed by atoms with E-state index in [1.807, 2.05) is 23.5 Å². The first-order valence-electron chi connectivity index (χ1n) is 7.57. The molecule has 0 saturated heterocycles. The summed E-state index contributed by atoms with van der Waals surface area (Å²) in [5.41, 5.74) is 2.34. The minimum atomic E-state index is -0.177. The molecule has 0 heterocycles. The molecule has 0 fully saturated rings. The summed E-state index contributed by atoms with van der Waals surface area (Å²) < 4.78 is 0. The molecule has 0 bridgehead atoms. The predicted octanol–water partition coefficient (Wildman–Crippen LogP) is 6.29. The quantitative estimate of drug-likeness (QED) is 0.361. The highest BCUT2D eigenvalue weighted by Gasteiger charge is 2.12. The Balaban J connectivity index is 1.66. The highest BCUT2D eigenvalue weighted by Crippen LogP contribution is 2.45. The van der Waals surface area contributed by atoms with Gasteiger partial charge in [-0.3, -0.25) is 0 Å². The van der Waals surface area contributed by atoms with E-state index in [0.29, 0.717) is 0 Å². The summed E-state index contributed by atoms with van der Waals surface area (Å²) in [6, 6.07) is 32.4. The lowest BCUT2D eigenvalue weighted by molar-refractivity contribution is 1.46. The van der Waals surface area contributed by atoms with Gasteiger partial charge in [-0.2, -0.15) is 0 Å². The van der Waals surface area contributed by atoms with Crippen molar-refractivity contribution in [1.29, 1.82) is 0 Å². The minimum Gasteiger partial charge on any atom is -0.121 e. The molecule has 0 atom stereocenters. The largest absolute Gasteiger partial charge is 0.121 e. The SMILES string of the molecule is c1ccc(SCP(CSc2ccccc2)c2ccccc2)cc1. The molecule has 3 aromatic rings. The zero-order chi connectivity index (χ0) is 15.7. The molecule has 0 unspecified atom stereocenters. The molecule has 3 aromatic carbocycles. The Labute approximate surface area is 148 Å². The summed E-state index contributed by atoms with van der Waals surface area (Å²) in [6.45, 7) is 0. The lowest BCUT2D eigenvalue weighted by atomic mass is 10.4. The molecule has 0 aromatic heterocycles. The van der Waals surface area contributed by atoms with Crippen molar-refractivity contribution in [3.05, 3.63) is 91.0 Å². The van der Waals surface area contributed by atoms with Gasteiger partial charge >= 0.3 is 0 Å². The van der Waals surface area contributed by atoms with Gasteiger partial charge in [0, 0.05) is 20.8 Å². The lowest BCUT2D eigenvalue weighted by Crippen LogP contribution is -2.03. The molecular weight excluding hydrogens is 335 g/mol. The van der Waals surface area contributed by atoms with Gasteiger partial charge in [0.25, 0.3) is 0 Å². The van der Waals surface area contributed by atoms with Crippen molar-refractivity contribution < 1.29 is 0 Å². The van der Waals surface area contributed by atoms with Crippen LogP contribution in [0.3, 0.4) is 0 Å². The van der Waals surface area contributed by atoms with Gasteiger partial charge in [0.05, 0.1) is 0 Å². The summed E-state index contributed by atoms with van der Waals surface area (Å²) >= 11 is 3.95. The van der Waals surface area contributed by atoms with Crippen molar-refractivity contribution >= 4 is 36.7 Å². The molecule has 0 aliphatic carbocycles. The Morgan fingerprint density at radius 2 is 0.913 bits per heavy atom. The Hall–Kier alpha value is -1.21. The van der Waals surface area contributed by atoms with Crippen LogP contribution in [0, 0.1) is 0 Å². The van der Waals surface area contributed by atoms with Crippen LogP contribution in [0.15, 0.2) is 101 Å². The standard InChI is InChI=1S/C20H19PS2/c1-4-10-18(11-5-1)21(16-22-19-12-6-2-7-13-19)17-23-20-14-8-3-9-15-20/h1-15H,16-17H2. The number of hydrogen-bond donors (Lipinski definition) is 0. The van der Waals surface area contributed by atoms with E-state index in [-0.39, 0.29) is 7.92 Å². The maximum atomic E-state index is 2.28. The van der Waals surface area contributed by atoms with Crippen molar-refractivity contribution in [2.45, 2.75) is 9.79 Å². The monoisotopic (exact) mass is 354 g/mol. The van der Waals surface area contributed by atoms with Crippen LogP contribution in [0.5, 0.6) is 0 Å². The zero-order valence-electron chi connectivity index (χ0n) is 12.8. The Bertz CT molecular complexity index is 643. The van der Waals surface area contributed by atoms with Crippen molar-refractivity contribution in [1.82, 2.24) is 0 Å². The van der Waals surface area contributed by atoms with Crippen LogP contribution in [-0.4, -0.2) is 11.0 Å². The van der Waals surface area contributed by atoms with Crippen LogP contribution >= 0.6 is 31.4 Å². The highest BCUT2D eigenvalue weighted by atomic mass is 32.2. The summed E-state index contributed by atoms with van der Waals surface area (Å²) in [4.78, 5) is 2.72. The topological polar surface area (TPSA) is 0 Å². The van der Waals surface area contributed by atoms with Gasteiger partial charge in [-0.1, -0.05) is 74.7 Å². The van der Waals surface area contributed by atoms with Gasteiger partial charge in [-0.25, -0.2) is 0 Å². The average Bonchev–Trinajstić information content (AvgIpc) is 2.64. The summed E-state index contributed by atoms with van der Waals surface area (Å²) in [6.07, 6.45) is 0. The molecule has 0 aliphatic rings. The van der Waals surface area contributed by atoms with Gasteiger partial charge < -0.3 is 0 Å². The first-order chi connectivity index (χ1) is 11.4. The number of benzene rings is 3. The molecule has 0 nitrogen and oxygen atoms in total. The fourth-order valence-corrected chi connectivity index (χ4v) is 8.06. The first-order valence-corrected chi connectivity index (χ1v) is 11.3. The molecule has 0 N–H and O–H groups in total. The molecule has 0 spiro atoms. The van der Waals surface area contributed by atoms with Gasteiger partial charge in [0.1, 0.15) is 0 Å². The maximum absolute atomic E-state index is 2.28. The van der Waals surface area contributed by atoms with E-state index in [0.717, 1.165) is 0 Å². The number of hydrogen-bond acceptors (Lipinski definition) is 2. The maximum Gasteiger partial charge on any atom is 0.0231 e. The van der Waals surface area contributed by atoms with Crippen molar-refractivity contribution in [2.75, 3.05) is 11.0 Å².